The van der Waals surface area contributed by atoms with Crippen molar-refractivity contribution in [3.05, 3.63) is 0 Å². The quantitative estimate of drug-likeness (QED) is 0.610. The lowest BCUT2D eigenvalue weighted by Crippen LogP contribution is -2.82. The Morgan fingerprint density at radius 2 is 1.91 bits per heavy atom. The molecular formula is C8H24NO2+. The largest absolute Gasteiger partial charge is 0.385 e. The average Bonchev–Trinajstić information content (AvgIpc) is 1.93. The molecule has 72 valence electrons. The van der Waals surface area contributed by atoms with Crippen LogP contribution in [0.25, 0.3) is 0 Å². The van der Waals surface area contributed by atoms with Gasteiger partial charge in [0.25, 0.3) is 0 Å². The van der Waals surface area contributed by atoms with Crippen molar-refractivity contribution >= 4 is 0 Å². The molecule has 3 N–H and O–H groups in total. The van der Waals surface area contributed by atoms with E-state index in [0.29, 0.717) is 13.2 Å². The molecule has 0 aromatic carbocycles. The minimum atomic E-state index is -0.315. The molecule has 0 aliphatic heterocycles. The number of nitrogens with two attached hydrogens (primary N) is 1. The molecule has 1 atom stereocenters. The lowest BCUT2D eigenvalue weighted by molar-refractivity contribution is -0.634. The minimum absolute atomic E-state index is 0. The van der Waals surface area contributed by atoms with E-state index >= 15 is 0 Å². The fourth-order valence-electron chi connectivity index (χ4n) is 0.533. The van der Waals surface area contributed by atoms with Gasteiger partial charge in [-0.25, -0.2) is 0 Å². The molecule has 3 heteroatoms. The van der Waals surface area contributed by atoms with Crippen LogP contribution in [0.2, 0.25) is 0 Å². The number of likely N-dealkylation sites (N-methyl/N-ethyl adjacent to an activating group) is 1. The van der Waals surface area contributed by atoms with E-state index in [1.807, 2.05) is 26.2 Å². The van der Waals surface area contributed by atoms with Gasteiger partial charge in [-0.15, -0.1) is 0 Å². The average molecular weight is 166 g/mol. The van der Waals surface area contributed by atoms with Crippen molar-refractivity contribution in [2.45, 2.75) is 27.4 Å². The Morgan fingerprint density at radius 3 is 2.18 bits per heavy atom. The van der Waals surface area contributed by atoms with Gasteiger partial charge in [-0.2, -0.15) is 0 Å². The number of hydrogen-bond donors (Lipinski definition) is 2. The van der Waals surface area contributed by atoms with Crippen molar-refractivity contribution in [1.29, 1.82) is 0 Å². The highest BCUT2D eigenvalue weighted by Gasteiger charge is 2.01. The number of hydrogen-bond acceptors (Lipinski definition) is 2. The molecule has 11 heavy (non-hydrogen) atoms. The Kier molecular flexibility index (Phi) is 25.6. The number of rotatable bonds is 4. The van der Waals surface area contributed by atoms with E-state index in [1.165, 1.54) is 0 Å². The second kappa shape index (κ2) is 16.5. The first-order valence-electron chi connectivity index (χ1n) is 3.76. The van der Waals surface area contributed by atoms with Crippen LogP contribution in [0.15, 0.2) is 0 Å². The zero-order valence-electron chi connectivity index (χ0n) is 7.42. The van der Waals surface area contributed by atoms with Gasteiger partial charge in [0.05, 0.1) is 13.7 Å². The van der Waals surface area contributed by atoms with Crippen LogP contribution >= 0.6 is 0 Å². The number of quaternary nitrogens is 1. The monoisotopic (exact) mass is 166 g/mol. The van der Waals surface area contributed by atoms with Crippen LogP contribution in [0.1, 0.15) is 21.3 Å². The van der Waals surface area contributed by atoms with E-state index < -0.39 is 0 Å². The molecule has 0 radical (unpaired) electrons. The van der Waals surface area contributed by atoms with Crippen molar-refractivity contribution in [2.24, 2.45) is 0 Å². The van der Waals surface area contributed by atoms with Crippen LogP contribution in [0, 0.1) is 0 Å². The van der Waals surface area contributed by atoms with Crippen LogP contribution < -0.4 is 5.32 Å². The fourth-order valence-corrected chi connectivity index (χ4v) is 0.533. The van der Waals surface area contributed by atoms with E-state index in [1.54, 1.807) is 7.11 Å². The van der Waals surface area contributed by atoms with Gasteiger partial charge in [-0.3, -0.25) is 0 Å². The molecule has 0 amide bonds. The summed E-state index contributed by atoms with van der Waals surface area (Å²) in [6.07, 6.45) is -0.315. The third-order valence-electron chi connectivity index (χ3n) is 0.867. The van der Waals surface area contributed by atoms with Crippen LogP contribution in [-0.2, 0) is 4.74 Å². The summed E-state index contributed by atoms with van der Waals surface area (Å²) in [5.41, 5.74) is 0. The van der Waals surface area contributed by atoms with Gasteiger partial charge in [0.15, 0.2) is 0 Å². The summed E-state index contributed by atoms with van der Waals surface area (Å²) in [5, 5.41) is 10.8. The Morgan fingerprint density at radius 1 is 1.45 bits per heavy atom. The molecule has 0 fully saturated rings. The lowest BCUT2D eigenvalue weighted by atomic mass is 10.4. The van der Waals surface area contributed by atoms with Crippen LogP contribution in [-0.4, -0.2) is 38.5 Å². The van der Waals surface area contributed by atoms with Gasteiger partial charge >= 0.3 is 0 Å². The Bertz CT molecular complexity index is 45.4. The highest BCUT2D eigenvalue weighted by Crippen LogP contribution is 1.75. The van der Waals surface area contributed by atoms with E-state index in [-0.39, 0.29) is 13.5 Å². The maximum absolute atomic E-state index is 8.89. The summed E-state index contributed by atoms with van der Waals surface area (Å²) < 4.78 is 4.69. The van der Waals surface area contributed by atoms with Gasteiger partial charge in [-0.1, -0.05) is 21.3 Å². The SMILES string of the molecule is C.CC.C[NH2+]CC(O)COC. The van der Waals surface area contributed by atoms with Crippen molar-refractivity contribution in [1.82, 2.24) is 0 Å². The zero-order chi connectivity index (χ0) is 8.41. The highest BCUT2D eigenvalue weighted by molar-refractivity contribution is 4.45. The van der Waals surface area contributed by atoms with Crippen molar-refractivity contribution in [2.75, 3.05) is 27.3 Å². The molecule has 0 spiro atoms. The van der Waals surface area contributed by atoms with Gasteiger partial charge in [0.2, 0.25) is 0 Å². The Hall–Kier alpha value is -0.120. The second-order valence-electron chi connectivity index (χ2n) is 1.75. The molecule has 0 heterocycles. The molecule has 0 bridgehead atoms. The normalized spacial score (nSPS) is 10.6. The first-order chi connectivity index (χ1) is 4.81. The van der Waals surface area contributed by atoms with Crippen LogP contribution in [0.5, 0.6) is 0 Å². The van der Waals surface area contributed by atoms with E-state index in [0.717, 1.165) is 0 Å². The molecule has 0 saturated heterocycles. The number of ether oxygens (including phenoxy) is 1. The Balaban J connectivity index is -0.000000196. The summed E-state index contributed by atoms with van der Waals surface area (Å²) in [5.74, 6) is 0. The predicted octanol–water partition coefficient (Wildman–Crippen LogP) is -0.151. The summed E-state index contributed by atoms with van der Waals surface area (Å²) in [7, 11) is 3.50. The molecular weight excluding hydrogens is 142 g/mol. The predicted molar refractivity (Wildman–Crippen MR) is 48.7 cm³/mol. The van der Waals surface area contributed by atoms with E-state index in [4.69, 9.17) is 5.11 Å². The number of aliphatic hydroxyl groups excluding tert-OH is 1. The van der Waals surface area contributed by atoms with Gasteiger partial charge in [0, 0.05) is 7.11 Å². The van der Waals surface area contributed by atoms with Crippen LogP contribution in [0.4, 0.5) is 0 Å². The number of aliphatic hydroxyl groups is 1. The molecule has 0 aromatic heterocycles. The lowest BCUT2D eigenvalue weighted by Gasteiger charge is -2.03. The third kappa shape index (κ3) is 17.7. The molecule has 0 aromatic rings. The summed E-state index contributed by atoms with van der Waals surface area (Å²) >= 11 is 0. The van der Waals surface area contributed by atoms with Crippen molar-refractivity contribution < 1.29 is 15.2 Å². The molecule has 1 unspecified atom stereocenters. The molecule has 0 aliphatic rings. The zero-order valence-corrected chi connectivity index (χ0v) is 7.42. The Labute approximate surface area is 70.8 Å². The number of methoxy groups -OCH3 is 1. The second-order valence-corrected chi connectivity index (χ2v) is 1.75. The highest BCUT2D eigenvalue weighted by atomic mass is 16.5. The summed E-state index contributed by atoms with van der Waals surface area (Å²) in [6.45, 7) is 5.15. The maximum Gasteiger partial charge on any atom is 0.126 e. The topological polar surface area (TPSA) is 46.1 Å². The van der Waals surface area contributed by atoms with Gasteiger partial charge < -0.3 is 15.2 Å². The van der Waals surface area contributed by atoms with E-state index in [9.17, 15) is 0 Å². The van der Waals surface area contributed by atoms with E-state index in [2.05, 4.69) is 4.74 Å². The fraction of sp³-hybridized carbons (Fsp3) is 1.00. The smallest absolute Gasteiger partial charge is 0.126 e. The van der Waals surface area contributed by atoms with Gasteiger partial charge in [-0.05, 0) is 0 Å². The maximum atomic E-state index is 8.89. The first-order valence-corrected chi connectivity index (χ1v) is 3.76. The molecule has 0 rings (SSSR count). The first kappa shape index (κ1) is 17.1. The van der Waals surface area contributed by atoms with Crippen molar-refractivity contribution in [3.8, 4) is 0 Å². The minimum Gasteiger partial charge on any atom is -0.385 e. The molecule has 3 nitrogen and oxygen atoms in total. The standard InChI is InChI=1S/C5H13NO2.C2H6.CH4/c1-6-3-5(7)4-8-2;1-2;/h5-7H,3-4H2,1-2H3;1-2H3;1H4/p+1. The third-order valence-corrected chi connectivity index (χ3v) is 0.867. The molecule has 0 aliphatic carbocycles. The summed E-state index contributed by atoms with van der Waals surface area (Å²) in [6, 6.07) is 0. The van der Waals surface area contributed by atoms with Crippen molar-refractivity contribution in [3.63, 3.8) is 0 Å². The van der Waals surface area contributed by atoms with Gasteiger partial charge in [0.1, 0.15) is 12.6 Å². The van der Waals surface area contributed by atoms with Crippen LogP contribution in [0.3, 0.4) is 0 Å². The summed E-state index contributed by atoms with van der Waals surface area (Å²) in [4.78, 5) is 0. The molecule has 0 saturated carbocycles.